The molecule has 0 atom stereocenters. The highest BCUT2D eigenvalue weighted by atomic mass is 35.5. The summed E-state index contributed by atoms with van der Waals surface area (Å²) in [7, 11) is 0. The fraction of sp³-hybridized carbons (Fsp3) is 0.533. The van der Waals surface area contributed by atoms with Gasteiger partial charge in [-0.15, -0.1) is 11.6 Å². The summed E-state index contributed by atoms with van der Waals surface area (Å²) in [5.41, 5.74) is 0.953. The molecule has 0 bridgehead atoms. The lowest BCUT2D eigenvalue weighted by Gasteiger charge is -2.25. The Labute approximate surface area is 124 Å². The van der Waals surface area contributed by atoms with Crippen LogP contribution in [0.3, 0.4) is 0 Å². The summed E-state index contributed by atoms with van der Waals surface area (Å²) < 4.78 is 0. The summed E-state index contributed by atoms with van der Waals surface area (Å²) in [5, 5.41) is 4.01. The largest absolute Gasteiger partial charge is 0.356 e. The van der Waals surface area contributed by atoms with E-state index in [0.29, 0.717) is 22.7 Å². The molecule has 0 heterocycles. The molecule has 1 aromatic rings. The van der Waals surface area contributed by atoms with Crippen molar-refractivity contribution in [2.24, 2.45) is 5.92 Å². The van der Waals surface area contributed by atoms with Crippen molar-refractivity contribution in [2.75, 3.05) is 6.54 Å². The highest BCUT2D eigenvalue weighted by Crippen LogP contribution is 2.26. The van der Waals surface area contributed by atoms with Crippen molar-refractivity contribution < 1.29 is 4.79 Å². The molecule has 1 saturated carbocycles. The van der Waals surface area contributed by atoms with Crippen LogP contribution in [0, 0.1) is 5.92 Å². The van der Waals surface area contributed by atoms with Crippen molar-refractivity contribution in [1.29, 1.82) is 0 Å². The van der Waals surface area contributed by atoms with E-state index in [2.05, 4.69) is 5.32 Å². The van der Waals surface area contributed by atoms with Crippen molar-refractivity contribution in [3.63, 3.8) is 0 Å². The van der Waals surface area contributed by atoms with E-state index in [0.717, 1.165) is 37.8 Å². The van der Waals surface area contributed by atoms with Gasteiger partial charge in [0.1, 0.15) is 0 Å². The number of alkyl halides is 1. The van der Waals surface area contributed by atoms with E-state index in [1.54, 1.807) is 0 Å². The highest BCUT2D eigenvalue weighted by Gasteiger charge is 2.19. The minimum absolute atomic E-state index is 0.0651. The summed E-state index contributed by atoms with van der Waals surface area (Å²) >= 11 is 12.0. The summed E-state index contributed by atoms with van der Waals surface area (Å²) in [6, 6.07) is 7.43. The molecule has 1 N–H and O–H groups in total. The number of hydrogen-bond acceptors (Lipinski definition) is 1. The first kappa shape index (κ1) is 14.7. The fourth-order valence-electron chi connectivity index (χ4n) is 2.48. The van der Waals surface area contributed by atoms with E-state index >= 15 is 0 Å². The normalized spacial score (nSPS) is 23.1. The molecule has 0 spiro atoms. The van der Waals surface area contributed by atoms with Crippen molar-refractivity contribution in [1.82, 2.24) is 5.32 Å². The molecule has 4 heteroatoms. The van der Waals surface area contributed by atoms with Crippen molar-refractivity contribution in [3.8, 4) is 0 Å². The van der Waals surface area contributed by atoms with Gasteiger partial charge in [0.15, 0.2) is 0 Å². The van der Waals surface area contributed by atoms with E-state index in [1.165, 1.54) is 0 Å². The maximum Gasteiger partial charge on any atom is 0.224 e. The SMILES string of the molecule is O=C(Cc1cccc(Cl)c1)NCC1CCC(Cl)CC1. The maximum absolute atomic E-state index is 11.9. The van der Waals surface area contributed by atoms with E-state index in [9.17, 15) is 4.79 Å². The van der Waals surface area contributed by atoms with Gasteiger partial charge < -0.3 is 5.32 Å². The Kier molecular flexibility index (Phi) is 5.53. The standard InChI is InChI=1S/C15H19Cl2NO/c16-13-6-4-11(5-7-13)10-18-15(19)9-12-2-1-3-14(17)8-12/h1-3,8,11,13H,4-7,9-10H2,(H,18,19). The average Bonchev–Trinajstić information content (AvgIpc) is 2.38. The molecule has 2 rings (SSSR count). The summed E-state index contributed by atoms with van der Waals surface area (Å²) in [5.74, 6) is 0.647. The van der Waals surface area contributed by atoms with Gasteiger partial charge in [0.2, 0.25) is 5.91 Å². The summed E-state index contributed by atoms with van der Waals surface area (Å²) in [6.45, 7) is 0.767. The fourth-order valence-corrected chi connectivity index (χ4v) is 2.94. The predicted molar refractivity (Wildman–Crippen MR) is 79.8 cm³/mol. The molecule has 0 radical (unpaired) electrons. The summed E-state index contributed by atoms with van der Waals surface area (Å²) in [6.07, 6.45) is 4.76. The van der Waals surface area contributed by atoms with Gasteiger partial charge in [0.25, 0.3) is 0 Å². The molecule has 2 nitrogen and oxygen atoms in total. The molecular formula is C15H19Cl2NO. The molecule has 104 valence electrons. The van der Waals surface area contributed by atoms with Crippen molar-refractivity contribution in [3.05, 3.63) is 34.9 Å². The number of hydrogen-bond donors (Lipinski definition) is 1. The van der Waals surface area contributed by atoms with Crippen LogP contribution in [-0.2, 0) is 11.2 Å². The third-order valence-electron chi connectivity index (χ3n) is 3.62. The number of nitrogens with one attached hydrogen (secondary N) is 1. The molecular weight excluding hydrogens is 281 g/mol. The first-order valence-corrected chi connectivity index (χ1v) is 7.60. The second kappa shape index (κ2) is 7.16. The highest BCUT2D eigenvalue weighted by molar-refractivity contribution is 6.30. The van der Waals surface area contributed by atoms with Gasteiger partial charge in [-0.2, -0.15) is 0 Å². The third-order valence-corrected chi connectivity index (χ3v) is 4.29. The number of halogens is 2. The van der Waals surface area contributed by atoms with Crippen LogP contribution in [0.1, 0.15) is 31.2 Å². The van der Waals surface area contributed by atoms with Gasteiger partial charge in [-0.1, -0.05) is 23.7 Å². The van der Waals surface area contributed by atoms with Crippen LogP contribution in [0.5, 0.6) is 0 Å². The number of carbonyl (C=O) groups excluding carboxylic acids is 1. The van der Waals surface area contributed by atoms with Gasteiger partial charge in [-0.25, -0.2) is 0 Å². The van der Waals surface area contributed by atoms with E-state index in [4.69, 9.17) is 23.2 Å². The van der Waals surface area contributed by atoms with Crippen LogP contribution in [0.4, 0.5) is 0 Å². The Balaban J connectivity index is 1.73. The van der Waals surface area contributed by atoms with Crippen LogP contribution in [-0.4, -0.2) is 17.8 Å². The number of rotatable bonds is 4. The van der Waals surface area contributed by atoms with Gasteiger partial charge in [-0.3, -0.25) is 4.79 Å². The molecule has 1 amide bonds. The molecule has 0 unspecified atom stereocenters. The van der Waals surface area contributed by atoms with Crippen LogP contribution in [0.2, 0.25) is 5.02 Å². The molecule has 1 aromatic carbocycles. The monoisotopic (exact) mass is 299 g/mol. The second-order valence-corrected chi connectivity index (χ2v) is 6.28. The van der Waals surface area contributed by atoms with Gasteiger partial charge in [0.05, 0.1) is 6.42 Å². The smallest absolute Gasteiger partial charge is 0.224 e. The van der Waals surface area contributed by atoms with Crippen LogP contribution in [0.25, 0.3) is 0 Å². The predicted octanol–water partition coefficient (Wildman–Crippen LogP) is 3.80. The third kappa shape index (κ3) is 5.04. The van der Waals surface area contributed by atoms with Gasteiger partial charge in [-0.05, 0) is 49.3 Å². The number of carbonyl (C=O) groups is 1. The lowest BCUT2D eigenvalue weighted by atomic mass is 9.89. The topological polar surface area (TPSA) is 29.1 Å². The Hall–Kier alpha value is -0.730. The molecule has 19 heavy (non-hydrogen) atoms. The van der Waals surface area contributed by atoms with Crippen LogP contribution >= 0.6 is 23.2 Å². The van der Waals surface area contributed by atoms with E-state index in [1.807, 2.05) is 24.3 Å². The molecule has 1 aliphatic rings. The zero-order valence-electron chi connectivity index (χ0n) is 10.9. The zero-order chi connectivity index (χ0) is 13.7. The van der Waals surface area contributed by atoms with Crippen LogP contribution < -0.4 is 5.32 Å². The van der Waals surface area contributed by atoms with Crippen molar-refractivity contribution in [2.45, 2.75) is 37.5 Å². The maximum atomic E-state index is 11.9. The lowest BCUT2D eigenvalue weighted by molar-refractivity contribution is -0.120. The average molecular weight is 300 g/mol. The van der Waals surface area contributed by atoms with E-state index < -0.39 is 0 Å². The van der Waals surface area contributed by atoms with E-state index in [-0.39, 0.29) is 5.91 Å². The number of benzene rings is 1. The minimum atomic E-state index is 0.0651. The van der Waals surface area contributed by atoms with Gasteiger partial charge in [0, 0.05) is 16.9 Å². The quantitative estimate of drug-likeness (QED) is 0.842. The molecule has 0 aliphatic heterocycles. The molecule has 1 fully saturated rings. The first-order valence-electron chi connectivity index (χ1n) is 6.78. The molecule has 0 aromatic heterocycles. The Morgan fingerprint density at radius 3 is 2.68 bits per heavy atom. The van der Waals surface area contributed by atoms with Crippen molar-refractivity contribution >= 4 is 29.1 Å². The van der Waals surface area contributed by atoms with Crippen LogP contribution in [0.15, 0.2) is 24.3 Å². The Morgan fingerprint density at radius 1 is 1.26 bits per heavy atom. The molecule has 0 saturated heterocycles. The summed E-state index contributed by atoms with van der Waals surface area (Å²) in [4.78, 5) is 11.9. The lowest BCUT2D eigenvalue weighted by Crippen LogP contribution is -2.32. The number of amides is 1. The Bertz CT molecular complexity index is 428. The Morgan fingerprint density at radius 2 is 2.00 bits per heavy atom. The zero-order valence-corrected chi connectivity index (χ0v) is 12.4. The minimum Gasteiger partial charge on any atom is -0.356 e. The second-order valence-electron chi connectivity index (χ2n) is 5.23. The molecule has 1 aliphatic carbocycles. The first-order chi connectivity index (χ1) is 9.13. The van der Waals surface area contributed by atoms with Gasteiger partial charge >= 0.3 is 0 Å².